The van der Waals surface area contributed by atoms with Gasteiger partial charge in [0.1, 0.15) is 17.1 Å². The van der Waals surface area contributed by atoms with Crippen LogP contribution in [0.25, 0.3) is 0 Å². The normalized spacial score (nSPS) is 17.3. The summed E-state index contributed by atoms with van der Waals surface area (Å²) in [4.78, 5) is 40.2. The van der Waals surface area contributed by atoms with Crippen LogP contribution in [0.1, 0.15) is 46.0 Å². The van der Waals surface area contributed by atoms with Gasteiger partial charge in [0, 0.05) is 25.3 Å². The Labute approximate surface area is 196 Å². The first-order valence-corrected chi connectivity index (χ1v) is 11.0. The minimum absolute atomic E-state index is 0.0818. The molecule has 3 amide bonds. The predicted octanol–water partition coefficient (Wildman–Crippen LogP) is 3.00. The molecule has 1 aliphatic heterocycles. The number of halogens is 1. The Morgan fingerprint density at radius 1 is 1.12 bits per heavy atom. The van der Waals surface area contributed by atoms with Crippen LogP contribution in [0.15, 0.2) is 54.6 Å². The van der Waals surface area contributed by atoms with Crippen LogP contribution in [0.2, 0.25) is 0 Å². The monoisotopic (exact) mass is 463 g/mol. The van der Waals surface area contributed by atoms with E-state index < -0.39 is 17.4 Å². The van der Waals surface area contributed by atoms with Crippen molar-refractivity contribution in [1.29, 1.82) is 0 Å². The summed E-state index contributed by atoms with van der Waals surface area (Å²) in [6.07, 6.45) is 0.838. The first-order chi connectivity index (χ1) is 16.2. The second-order valence-electron chi connectivity index (χ2n) is 8.53. The number of rotatable bonds is 6. The van der Waals surface area contributed by atoms with Gasteiger partial charge in [-0.15, -0.1) is 0 Å². The van der Waals surface area contributed by atoms with Crippen molar-refractivity contribution in [3.63, 3.8) is 0 Å². The molecule has 9 heteroatoms. The number of amides is 3. The molecule has 2 N–H and O–H groups in total. The van der Waals surface area contributed by atoms with Crippen molar-refractivity contribution in [3.05, 3.63) is 82.9 Å². The predicted molar refractivity (Wildman–Crippen MR) is 125 cm³/mol. The molecule has 176 valence electrons. The quantitative estimate of drug-likeness (QED) is 0.587. The standard InChI is InChI=1S/C25H26FN5O3/c1-4-16-6-5-7-19(12-16)28-22(32)20-13-21-23(33)30(3)25(2,15-31(21)29-20)24(34)27-14-17-8-10-18(26)11-9-17/h5-13H,4,14-15H2,1-3H3,(H,27,34)(H,28,32). The molecule has 8 nitrogen and oxygen atoms in total. The number of hydrogen-bond donors (Lipinski definition) is 2. The number of likely N-dealkylation sites (N-methyl/N-ethyl adjacent to an activating group) is 1. The van der Waals surface area contributed by atoms with Crippen molar-refractivity contribution in [2.75, 3.05) is 12.4 Å². The molecule has 2 aromatic carbocycles. The van der Waals surface area contributed by atoms with E-state index in [-0.39, 0.29) is 36.2 Å². The third-order valence-electron chi connectivity index (χ3n) is 6.18. The Morgan fingerprint density at radius 2 is 1.85 bits per heavy atom. The number of anilines is 1. The number of carbonyl (C=O) groups excluding carboxylic acids is 3. The van der Waals surface area contributed by atoms with Gasteiger partial charge < -0.3 is 15.5 Å². The van der Waals surface area contributed by atoms with Crippen LogP contribution < -0.4 is 10.6 Å². The lowest BCUT2D eigenvalue weighted by molar-refractivity contribution is -0.132. The molecule has 0 saturated carbocycles. The number of benzene rings is 2. The SMILES string of the molecule is CCc1cccc(NC(=O)c2cc3n(n2)CC(C)(C(=O)NCc2ccc(F)cc2)N(C)C3=O)c1. The average Bonchev–Trinajstić information content (AvgIpc) is 3.26. The first-order valence-electron chi connectivity index (χ1n) is 11.0. The van der Waals surface area contributed by atoms with E-state index in [1.807, 2.05) is 25.1 Å². The number of carbonyl (C=O) groups is 3. The van der Waals surface area contributed by atoms with Gasteiger partial charge in [-0.2, -0.15) is 5.10 Å². The van der Waals surface area contributed by atoms with Crippen LogP contribution >= 0.6 is 0 Å². The number of nitrogens with one attached hydrogen (secondary N) is 2. The Bertz CT molecular complexity index is 1250. The maximum absolute atomic E-state index is 13.1. The fourth-order valence-corrected chi connectivity index (χ4v) is 3.88. The molecule has 0 radical (unpaired) electrons. The Kier molecular flexibility index (Phi) is 6.19. The van der Waals surface area contributed by atoms with Crippen LogP contribution in [-0.4, -0.2) is 45.0 Å². The minimum atomic E-state index is -1.22. The molecule has 1 atom stereocenters. The highest BCUT2D eigenvalue weighted by atomic mass is 19.1. The summed E-state index contributed by atoms with van der Waals surface area (Å²) >= 11 is 0. The highest BCUT2D eigenvalue weighted by Crippen LogP contribution is 2.26. The summed E-state index contributed by atoms with van der Waals surface area (Å²) in [5.74, 6) is -1.58. The summed E-state index contributed by atoms with van der Waals surface area (Å²) in [5, 5.41) is 9.93. The average molecular weight is 464 g/mol. The molecular weight excluding hydrogens is 437 g/mol. The molecule has 34 heavy (non-hydrogen) atoms. The van der Waals surface area contributed by atoms with E-state index in [2.05, 4.69) is 15.7 Å². The molecule has 4 rings (SSSR count). The van der Waals surface area contributed by atoms with Gasteiger partial charge in [-0.25, -0.2) is 4.39 Å². The molecule has 1 aromatic heterocycles. The molecular formula is C25H26FN5O3. The zero-order chi connectivity index (χ0) is 24.5. The minimum Gasteiger partial charge on any atom is -0.350 e. The maximum Gasteiger partial charge on any atom is 0.276 e. The Morgan fingerprint density at radius 3 is 2.56 bits per heavy atom. The third-order valence-corrected chi connectivity index (χ3v) is 6.18. The van der Waals surface area contributed by atoms with Crippen LogP contribution in [0.4, 0.5) is 10.1 Å². The highest BCUT2D eigenvalue weighted by molar-refractivity contribution is 6.05. The molecule has 0 fully saturated rings. The van der Waals surface area contributed by atoms with Gasteiger partial charge in [-0.05, 0) is 48.7 Å². The summed E-state index contributed by atoms with van der Waals surface area (Å²) in [5.41, 5.74) is 1.56. The van der Waals surface area contributed by atoms with Crippen molar-refractivity contribution in [2.45, 2.75) is 38.9 Å². The van der Waals surface area contributed by atoms with Crippen LogP contribution in [0.3, 0.4) is 0 Å². The smallest absolute Gasteiger partial charge is 0.276 e. The van der Waals surface area contributed by atoms with E-state index in [0.717, 1.165) is 17.5 Å². The van der Waals surface area contributed by atoms with Crippen LogP contribution in [0.5, 0.6) is 0 Å². The zero-order valence-electron chi connectivity index (χ0n) is 19.3. The Balaban J connectivity index is 1.51. The van der Waals surface area contributed by atoms with E-state index in [9.17, 15) is 18.8 Å². The largest absolute Gasteiger partial charge is 0.350 e. The third kappa shape index (κ3) is 4.41. The number of hydrogen-bond acceptors (Lipinski definition) is 4. The topological polar surface area (TPSA) is 96.3 Å². The van der Waals surface area contributed by atoms with Gasteiger partial charge in [0.2, 0.25) is 5.91 Å². The molecule has 0 spiro atoms. The fourth-order valence-electron chi connectivity index (χ4n) is 3.88. The van der Waals surface area contributed by atoms with E-state index in [1.54, 1.807) is 32.2 Å². The molecule has 1 unspecified atom stereocenters. The molecule has 0 saturated heterocycles. The maximum atomic E-state index is 13.1. The fraction of sp³-hybridized carbons (Fsp3) is 0.280. The first kappa shape index (κ1) is 23.2. The second-order valence-corrected chi connectivity index (χ2v) is 8.53. The number of fused-ring (bicyclic) bond motifs is 1. The summed E-state index contributed by atoms with van der Waals surface area (Å²) in [6.45, 7) is 3.94. The van der Waals surface area contributed by atoms with Crippen LogP contribution in [-0.2, 0) is 24.3 Å². The molecule has 0 bridgehead atoms. The summed E-state index contributed by atoms with van der Waals surface area (Å²) in [6, 6.07) is 14.8. The van der Waals surface area contributed by atoms with E-state index >= 15 is 0 Å². The van der Waals surface area contributed by atoms with Crippen LogP contribution in [0, 0.1) is 5.82 Å². The van der Waals surface area contributed by atoms with Crippen molar-refractivity contribution in [3.8, 4) is 0 Å². The molecule has 2 heterocycles. The van der Waals surface area contributed by atoms with Gasteiger partial charge in [0.15, 0.2) is 5.69 Å². The molecule has 3 aromatic rings. The van der Waals surface area contributed by atoms with Gasteiger partial charge in [-0.3, -0.25) is 19.1 Å². The highest BCUT2D eigenvalue weighted by Gasteiger charge is 2.46. The van der Waals surface area contributed by atoms with E-state index in [1.165, 1.54) is 27.8 Å². The number of aryl methyl sites for hydroxylation is 1. The lowest BCUT2D eigenvalue weighted by Gasteiger charge is -2.40. The lowest BCUT2D eigenvalue weighted by Crippen LogP contribution is -2.62. The second kappa shape index (κ2) is 9.09. The number of nitrogens with zero attached hydrogens (tertiary/aromatic N) is 3. The van der Waals surface area contributed by atoms with Crippen molar-refractivity contribution in [2.24, 2.45) is 0 Å². The molecule has 1 aliphatic rings. The summed E-state index contributed by atoms with van der Waals surface area (Å²) < 4.78 is 14.5. The molecule has 0 aliphatic carbocycles. The Hall–Kier alpha value is -4.01. The van der Waals surface area contributed by atoms with Crippen molar-refractivity contribution < 1.29 is 18.8 Å². The van der Waals surface area contributed by atoms with Crippen molar-refractivity contribution in [1.82, 2.24) is 20.0 Å². The van der Waals surface area contributed by atoms with Gasteiger partial charge in [0.05, 0.1) is 6.54 Å². The van der Waals surface area contributed by atoms with Gasteiger partial charge in [0.25, 0.3) is 11.8 Å². The summed E-state index contributed by atoms with van der Waals surface area (Å²) in [7, 11) is 1.55. The van der Waals surface area contributed by atoms with Crippen molar-refractivity contribution >= 4 is 23.4 Å². The van der Waals surface area contributed by atoms with E-state index in [0.29, 0.717) is 5.69 Å². The van der Waals surface area contributed by atoms with Gasteiger partial charge in [-0.1, -0.05) is 31.2 Å². The van der Waals surface area contributed by atoms with E-state index in [4.69, 9.17) is 0 Å². The van der Waals surface area contributed by atoms with Gasteiger partial charge >= 0.3 is 0 Å². The number of aromatic nitrogens is 2. The lowest BCUT2D eigenvalue weighted by atomic mass is 9.96. The zero-order valence-corrected chi connectivity index (χ0v) is 19.3.